The second kappa shape index (κ2) is 9.52. The third kappa shape index (κ3) is 3.29. The van der Waals surface area contributed by atoms with E-state index in [2.05, 4.69) is 134 Å². The van der Waals surface area contributed by atoms with E-state index in [1.165, 1.54) is 50.1 Å². The molecule has 6 bridgehead atoms. The second-order valence-corrected chi connectivity index (χ2v) is 14.2. The van der Waals surface area contributed by atoms with E-state index in [0.717, 1.165) is 57.6 Å². The molecule has 7 aromatic rings. The Morgan fingerprint density at radius 1 is 0.580 bits per heavy atom. The van der Waals surface area contributed by atoms with Gasteiger partial charge in [-0.1, -0.05) is 134 Å². The van der Waals surface area contributed by atoms with E-state index in [0.29, 0.717) is 17.7 Å². The van der Waals surface area contributed by atoms with Crippen LogP contribution in [0.15, 0.2) is 150 Å². The van der Waals surface area contributed by atoms with Crippen LogP contribution >= 0.6 is 0 Å². The lowest BCUT2D eigenvalue weighted by Crippen LogP contribution is -2.27. The van der Waals surface area contributed by atoms with Gasteiger partial charge in [-0.15, -0.1) is 0 Å². The number of aromatic nitrogens is 3. The molecular weight excluding hydrogens is 611 g/mol. The minimum absolute atomic E-state index is 0.351. The van der Waals surface area contributed by atoms with Crippen molar-refractivity contribution in [3.63, 3.8) is 0 Å². The first-order valence-corrected chi connectivity index (χ1v) is 17.6. The fourth-order valence-electron chi connectivity index (χ4n) is 9.78. The minimum atomic E-state index is -0.489. The van der Waals surface area contributed by atoms with Gasteiger partial charge in [-0.3, -0.25) is 0 Å². The Labute approximate surface area is 288 Å². The number of para-hydroxylation sites is 1. The van der Waals surface area contributed by atoms with Crippen LogP contribution in [-0.4, -0.2) is 15.0 Å². The van der Waals surface area contributed by atoms with Crippen LogP contribution in [0.2, 0.25) is 0 Å². The van der Waals surface area contributed by atoms with Crippen molar-refractivity contribution in [3.8, 4) is 33.9 Å². The van der Waals surface area contributed by atoms with Gasteiger partial charge in [0.1, 0.15) is 11.2 Å². The Kier molecular flexibility index (Phi) is 5.10. The molecule has 5 aliphatic rings. The Hall–Kier alpha value is -6.13. The molecule has 0 fully saturated rings. The molecule has 12 rings (SSSR count). The number of hydrogen-bond acceptors (Lipinski definition) is 4. The normalized spacial score (nSPS) is 21.8. The largest absolute Gasteiger partial charge is 0.455 e. The van der Waals surface area contributed by atoms with Crippen molar-refractivity contribution in [2.24, 2.45) is 11.8 Å². The summed E-state index contributed by atoms with van der Waals surface area (Å²) in [5, 5.41) is 2.31. The second-order valence-electron chi connectivity index (χ2n) is 14.2. The summed E-state index contributed by atoms with van der Waals surface area (Å²) in [6, 6.07) is 39.2. The van der Waals surface area contributed by atoms with Crippen molar-refractivity contribution >= 4 is 33.1 Å². The topological polar surface area (TPSA) is 51.8 Å². The van der Waals surface area contributed by atoms with Gasteiger partial charge in [0.25, 0.3) is 0 Å². The van der Waals surface area contributed by atoms with E-state index in [1.807, 2.05) is 6.07 Å². The third-order valence-electron chi connectivity index (χ3n) is 11.9. The number of fused-ring (bicyclic) bond motifs is 19. The van der Waals surface area contributed by atoms with Crippen LogP contribution in [0.1, 0.15) is 40.9 Å². The van der Waals surface area contributed by atoms with E-state index in [4.69, 9.17) is 19.4 Å². The fraction of sp³-hybridized carbons (Fsp3) is 0.109. The lowest BCUT2D eigenvalue weighted by atomic mass is 9.68. The van der Waals surface area contributed by atoms with Gasteiger partial charge in [-0.2, -0.15) is 0 Å². The molecule has 2 aromatic heterocycles. The van der Waals surface area contributed by atoms with Crippen LogP contribution in [0.4, 0.5) is 0 Å². The van der Waals surface area contributed by atoms with Crippen LogP contribution in [0.5, 0.6) is 0 Å². The predicted molar refractivity (Wildman–Crippen MR) is 199 cm³/mol. The van der Waals surface area contributed by atoms with E-state index < -0.39 is 5.41 Å². The molecule has 1 aliphatic heterocycles. The first-order valence-electron chi connectivity index (χ1n) is 17.6. The number of benzene rings is 5. The maximum absolute atomic E-state index is 6.75. The van der Waals surface area contributed by atoms with E-state index in [9.17, 15) is 0 Å². The highest BCUT2D eigenvalue weighted by Gasteiger charge is 2.54. The minimum Gasteiger partial charge on any atom is -0.455 e. The van der Waals surface area contributed by atoms with Gasteiger partial charge in [-0.25, -0.2) is 15.0 Å². The third-order valence-corrected chi connectivity index (χ3v) is 11.9. The van der Waals surface area contributed by atoms with Crippen LogP contribution in [0, 0.1) is 11.8 Å². The number of hydrogen-bond donors (Lipinski definition) is 0. The Morgan fingerprint density at radius 3 is 2.30 bits per heavy atom. The predicted octanol–water partition coefficient (Wildman–Crippen LogP) is 10.7. The lowest BCUT2D eigenvalue weighted by Gasteiger charge is -2.34. The van der Waals surface area contributed by atoms with Crippen LogP contribution in [-0.2, 0) is 5.41 Å². The first-order chi connectivity index (χ1) is 24.8. The molecule has 50 heavy (non-hydrogen) atoms. The first kappa shape index (κ1) is 26.8. The lowest BCUT2D eigenvalue weighted by molar-refractivity contribution is 0.485. The zero-order valence-corrected chi connectivity index (χ0v) is 27.1. The van der Waals surface area contributed by atoms with Gasteiger partial charge in [0.05, 0.1) is 5.41 Å². The summed E-state index contributed by atoms with van der Waals surface area (Å²) in [4.78, 5) is 15.6. The number of rotatable bonds is 1. The molecule has 4 aliphatic carbocycles. The Morgan fingerprint density at radius 2 is 1.34 bits per heavy atom. The highest BCUT2D eigenvalue weighted by Crippen LogP contribution is 2.66. The Balaban J connectivity index is 1.21. The molecule has 0 radical (unpaired) electrons. The van der Waals surface area contributed by atoms with Crippen LogP contribution in [0.3, 0.4) is 0 Å². The zero-order valence-electron chi connectivity index (χ0n) is 27.1. The molecule has 0 N–H and O–H groups in total. The van der Waals surface area contributed by atoms with E-state index in [-0.39, 0.29) is 0 Å². The molecule has 3 heterocycles. The quantitative estimate of drug-likeness (QED) is 0.179. The van der Waals surface area contributed by atoms with E-state index in [1.54, 1.807) is 0 Å². The van der Waals surface area contributed by atoms with Crippen molar-refractivity contribution < 1.29 is 4.42 Å². The van der Waals surface area contributed by atoms with Gasteiger partial charge >= 0.3 is 0 Å². The summed E-state index contributed by atoms with van der Waals surface area (Å²) in [5.41, 5.74) is 15.0. The SMILES string of the molecule is C1=CC2CC(=C1)c1nc(-c3ccccc3)nc(n1)-c1cccc3c1C1=C(C=CC2C1)C31c2ccccc2-c2c1ccc1c2oc2ccccc21. The number of allylic oxidation sites excluding steroid dienone is 8. The van der Waals surface area contributed by atoms with Gasteiger partial charge in [0.15, 0.2) is 17.5 Å². The van der Waals surface area contributed by atoms with Crippen molar-refractivity contribution in [2.75, 3.05) is 0 Å². The molecular formula is C46H29N3O. The summed E-state index contributed by atoms with van der Waals surface area (Å²) < 4.78 is 6.75. The van der Waals surface area contributed by atoms with Crippen molar-refractivity contribution in [1.82, 2.24) is 15.0 Å². The summed E-state index contributed by atoms with van der Waals surface area (Å²) in [7, 11) is 0. The molecule has 4 heteroatoms. The molecule has 0 amide bonds. The smallest absolute Gasteiger partial charge is 0.164 e. The van der Waals surface area contributed by atoms with Crippen LogP contribution in [0.25, 0.3) is 67.0 Å². The average Bonchev–Trinajstić information content (AvgIpc) is 3.81. The highest BCUT2D eigenvalue weighted by molar-refractivity contribution is 6.13. The standard InChI is InChI=1S/C46H29N3O/c1-2-10-26(11-3-1)43-47-44-29-13-8-12-27(24-29)28-20-22-36-34(25-28)40-33(45(48-43)49-44)16-9-18-37(40)46(36)35-17-6-4-15-32(35)41-38(46)23-21-31-30-14-5-7-19-39(30)50-42(31)41/h1-23,27-28H,24-25H2. The van der Waals surface area contributed by atoms with Gasteiger partial charge in [-0.05, 0) is 75.3 Å². The summed E-state index contributed by atoms with van der Waals surface area (Å²) in [6.45, 7) is 0. The van der Waals surface area contributed by atoms with Crippen molar-refractivity contribution in [2.45, 2.75) is 18.3 Å². The van der Waals surface area contributed by atoms with Gasteiger partial charge < -0.3 is 4.42 Å². The van der Waals surface area contributed by atoms with Gasteiger partial charge in [0, 0.05) is 27.5 Å². The van der Waals surface area contributed by atoms with Crippen molar-refractivity contribution in [1.29, 1.82) is 0 Å². The summed E-state index contributed by atoms with van der Waals surface area (Å²) in [5.74, 6) is 2.92. The summed E-state index contributed by atoms with van der Waals surface area (Å²) in [6.07, 6.45) is 13.6. The number of nitrogens with zero attached hydrogens (tertiary/aromatic N) is 3. The maximum atomic E-state index is 6.75. The molecule has 0 saturated heterocycles. The monoisotopic (exact) mass is 639 g/mol. The molecule has 3 unspecified atom stereocenters. The Bertz CT molecular complexity index is 2780. The maximum Gasteiger partial charge on any atom is 0.164 e. The van der Waals surface area contributed by atoms with Crippen LogP contribution < -0.4 is 0 Å². The van der Waals surface area contributed by atoms with Crippen molar-refractivity contribution in [3.05, 3.63) is 173 Å². The molecule has 3 atom stereocenters. The fourth-order valence-corrected chi connectivity index (χ4v) is 9.78. The zero-order chi connectivity index (χ0) is 32.6. The van der Waals surface area contributed by atoms with E-state index >= 15 is 0 Å². The number of furan rings is 1. The van der Waals surface area contributed by atoms with Gasteiger partial charge in [0.2, 0.25) is 0 Å². The summed E-state index contributed by atoms with van der Waals surface area (Å²) >= 11 is 0. The molecule has 234 valence electrons. The molecule has 5 aromatic carbocycles. The highest BCUT2D eigenvalue weighted by atomic mass is 16.3. The molecule has 0 saturated carbocycles. The average molecular weight is 640 g/mol. The molecule has 4 nitrogen and oxygen atoms in total. The molecule has 1 spiro atoms.